The Morgan fingerprint density at radius 2 is 1.78 bits per heavy atom. The minimum Gasteiger partial charge on any atom is -0.497 e. The van der Waals surface area contributed by atoms with Gasteiger partial charge in [0.05, 0.1) is 31.3 Å². The highest BCUT2D eigenvalue weighted by Crippen LogP contribution is 2.20. The van der Waals surface area contributed by atoms with Crippen LogP contribution in [0, 0.1) is 6.92 Å². The first-order chi connectivity index (χ1) is 15.6. The molecule has 0 aliphatic heterocycles. The first-order valence-electron chi connectivity index (χ1n) is 10.7. The average Bonchev–Trinajstić information content (AvgIpc) is 3.18. The molecule has 1 aromatic heterocycles. The molecule has 1 amide bonds. The SMILES string of the molecule is COc1cccc(OCCCn2c(CNC(=O)c3ccc(C)cc3)nc3ccccc32)c1. The fourth-order valence-electron chi connectivity index (χ4n) is 3.58. The zero-order valence-corrected chi connectivity index (χ0v) is 18.4. The summed E-state index contributed by atoms with van der Waals surface area (Å²) in [5, 5.41) is 3.00. The number of rotatable bonds is 9. The maximum Gasteiger partial charge on any atom is 0.251 e. The van der Waals surface area contributed by atoms with Crippen molar-refractivity contribution < 1.29 is 14.3 Å². The second-order valence-corrected chi connectivity index (χ2v) is 7.60. The van der Waals surface area contributed by atoms with E-state index in [4.69, 9.17) is 14.5 Å². The van der Waals surface area contributed by atoms with Gasteiger partial charge in [0.15, 0.2) is 0 Å². The minimum atomic E-state index is -0.107. The first kappa shape index (κ1) is 21.4. The van der Waals surface area contributed by atoms with E-state index in [2.05, 4.69) is 16.0 Å². The number of fused-ring (bicyclic) bond motifs is 1. The summed E-state index contributed by atoms with van der Waals surface area (Å²) < 4.78 is 13.3. The van der Waals surface area contributed by atoms with E-state index >= 15 is 0 Å². The number of aryl methyl sites for hydroxylation is 2. The lowest BCUT2D eigenvalue weighted by Gasteiger charge is -2.12. The molecule has 0 radical (unpaired) electrons. The molecule has 6 heteroatoms. The zero-order valence-electron chi connectivity index (χ0n) is 18.4. The lowest BCUT2D eigenvalue weighted by molar-refractivity contribution is 0.0949. The third-order valence-corrected chi connectivity index (χ3v) is 5.29. The van der Waals surface area contributed by atoms with Crippen molar-refractivity contribution in [1.82, 2.24) is 14.9 Å². The van der Waals surface area contributed by atoms with E-state index in [1.807, 2.05) is 73.7 Å². The Balaban J connectivity index is 1.41. The standard InChI is InChI=1S/C26H27N3O3/c1-19-11-13-20(14-12-19)26(30)27-18-25-28-23-9-3-4-10-24(23)29(25)15-6-16-32-22-8-5-7-21(17-22)31-2/h3-5,7-14,17H,6,15-16,18H2,1-2H3,(H,27,30). The number of aromatic nitrogens is 2. The molecule has 1 heterocycles. The van der Waals surface area contributed by atoms with Crippen LogP contribution in [0.15, 0.2) is 72.8 Å². The number of benzene rings is 3. The molecule has 0 aliphatic carbocycles. The molecule has 0 bridgehead atoms. The van der Waals surface area contributed by atoms with Crippen molar-refractivity contribution >= 4 is 16.9 Å². The molecule has 4 rings (SSSR count). The molecule has 32 heavy (non-hydrogen) atoms. The van der Waals surface area contributed by atoms with Crippen LogP contribution in [0.25, 0.3) is 11.0 Å². The first-order valence-corrected chi connectivity index (χ1v) is 10.7. The largest absolute Gasteiger partial charge is 0.497 e. The molecule has 4 aromatic rings. The van der Waals surface area contributed by atoms with E-state index in [1.54, 1.807) is 7.11 Å². The predicted octanol–water partition coefficient (Wildman–Crippen LogP) is 4.75. The van der Waals surface area contributed by atoms with Gasteiger partial charge in [-0.2, -0.15) is 0 Å². The number of amides is 1. The number of ether oxygens (including phenoxy) is 2. The number of para-hydroxylation sites is 2. The van der Waals surface area contributed by atoms with Crippen LogP contribution >= 0.6 is 0 Å². The number of methoxy groups -OCH3 is 1. The maximum atomic E-state index is 12.5. The highest BCUT2D eigenvalue weighted by molar-refractivity contribution is 5.94. The van der Waals surface area contributed by atoms with Crippen LogP contribution in [0.3, 0.4) is 0 Å². The van der Waals surface area contributed by atoms with Crippen LogP contribution in [-0.2, 0) is 13.1 Å². The van der Waals surface area contributed by atoms with E-state index in [0.29, 0.717) is 18.7 Å². The number of nitrogens with zero attached hydrogens (tertiary/aromatic N) is 2. The second-order valence-electron chi connectivity index (χ2n) is 7.60. The molecule has 3 aromatic carbocycles. The van der Waals surface area contributed by atoms with Crippen molar-refractivity contribution in [3.8, 4) is 11.5 Å². The minimum absolute atomic E-state index is 0.107. The summed E-state index contributed by atoms with van der Waals surface area (Å²) in [5.41, 5.74) is 3.73. The molecular weight excluding hydrogens is 402 g/mol. The molecule has 0 atom stereocenters. The molecule has 0 saturated heterocycles. The van der Waals surface area contributed by atoms with Crippen LogP contribution in [-0.4, -0.2) is 29.2 Å². The molecule has 0 saturated carbocycles. The van der Waals surface area contributed by atoms with E-state index < -0.39 is 0 Å². The van der Waals surface area contributed by atoms with Gasteiger partial charge in [-0.15, -0.1) is 0 Å². The average molecular weight is 430 g/mol. The van der Waals surface area contributed by atoms with E-state index in [1.165, 1.54) is 0 Å². The number of hydrogen-bond donors (Lipinski definition) is 1. The van der Waals surface area contributed by atoms with Crippen LogP contribution in [0.1, 0.15) is 28.2 Å². The van der Waals surface area contributed by atoms with Crippen molar-refractivity contribution in [1.29, 1.82) is 0 Å². The van der Waals surface area contributed by atoms with Gasteiger partial charge in [-0.1, -0.05) is 35.9 Å². The number of carbonyl (C=O) groups is 1. The third-order valence-electron chi connectivity index (χ3n) is 5.29. The molecule has 0 spiro atoms. The Labute approximate surface area is 187 Å². The maximum absolute atomic E-state index is 12.5. The van der Waals surface area contributed by atoms with Crippen molar-refractivity contribution in [2.24, 2.45) is 0 Å². The van der Waals surface area contributed by atoms with Crippen LogP contribution in [0.4, 0.5) is 0 Å². The summed E-state index contributed by atoms with van der Waals surface area (Å²) in [5.74, 6) is 2.28. The van der Waals surface area contributed by atoms with Gasteiger partial charge in [-0.25, -0.2) is 4.98 Å². The van der Waals surface area contributed by atoms with E-state index in [9.17, 15) is 4.79 Å². The molecule has 6 nitrogen and oxygen atoms in total. The lowest BCUT2D eigenvalue weighted by Crippen LogP contribution is -2.25. The Bertz CT molecular complexity index is 1200. The van der Waals surface area contributed by atoms with Crippen molar-refractivity contribution in [2.45, 2.75) is 26.4 Å². The van der Waals surface area contributed by atoms with Crippen LogP contribution < -0.4 is 14.8 Å². The van der Waals surface area contributed by atoms with Gasteiger partial charge in [0.1, 0.15) is 17.3 Å². The summed E-state index contributed by atoms with van der Waals surface area (Å²) in [7, 11) is 1.64. The summed E-state index contributed by atoms with van der Waals surface area (Å²) in [6.07, 6.45) is 0.802. The van der Waals surface area contributed by atoms with Gasteiger partial charge in [0.25, 0.3) is 5.91 Å². The van der Waals surface area contributed by atoms with Gasteiger partial charge in [-0.05, 0) is 49.7 Å². The van der Waals surface area contributed by atoms with Crippen molar-refractivity contribution in [3.05, 3.63) is 89.7 Å². The topological polar surface area (TPSA) is 65.4 Å². The highest BCUT2D eigenvalue weighted by atomic mass is 16.5. The Morgan fingerprint density at radius 3 is 2.59 bits per heavy atom. The Morgan fingerprint density at radius 1 is 1.00 bits per heavy atom. The van der Waals surface area contributed by atoms with E-state index in [-0.39, 0.29) is 5.91 Å². The molecule has 0 aliphatic rings. The van der Waals surface area contributed by atoms with Crippen molar-refractivity contribution in [3.63, 3.8) is 0 Å². The smallest absolute Gasteiger partial charge is 0.251 e. The lowest BCUT2D eigenvalue weighted by atomic mass is 10.1. The quantitative estimate of drug-likeness (QED) is 0.390. The van der Waals surface area contributed by atoms with Crippen LogP contribution in [0.5, 0.6) is 11.5 Å². The number of hydrogen-bond acceptors (Lipinski definition) is 4. The van der Waals surface area contributed by atoms with Crippen LogP contribution in [0.2, 0.25) is 0 Å². The summed E-state index contributed by atoms with van der Waals surface area (Å²) >= 11 is 0. The predicted molar refractivity (Wildman–Crippen MR) is 125 cm³/mol. The summed E-state index contributed by atoms with van der Waals surface area (Å²) in [6, 6.07) is 23.2. The van der Waals surface area contributed by atoms with Gasteiger partial charge in [0, 0.05) is 18.2 Å². The number of carbonyl (C=O) groups excluding carboxylic acids is 1. The van der Waals surface area contributed by atoms with Gasteiger partial charge in [-0.3, -0.25) is 4.79 Å². The highest BCUT2D eigenvalue weighted by Gasteiger charge is 2.12. The molecule has 0 unspecified atom stereocenters. The zero-order chi connectivity index (χ0) is 22.3. The van der Waals surface area contributed by atoms with Gasteiger partial charge in [0.2, 0.25) is 0 Å². The Kier molecular flexibility index (Phi) is 6.70. The number of imidazole rings is 1. The fraction of sp³-hybridized carbons (Fsp3) is 0.231. The molecule has 0 fully saturated rings. The monoisotopic (exact) mass is 429 g/mol. The van der Waals surface area contributed by atoms with E-state index in [0.717, 1.165) is 46.9 Å². The normalized spacial score (nSPS) is 10.8. The molecule has 1 N–H and O–H groups in total. The molecule has 164 valence electrons. The third kappa shape index (κ3) is 5.09. The molecular formula is C26H27N3O3. The summed E-state index contributed by atoms with van der Waals surface area (Å²) in [6.45, 7) is 3.66. The van der Waals surface area contributed by atoms with Gasteiger partial charge < -0.3 is 19.4 Å². The second kappa shape index (κ2) is 10.0. The van der Waals surface area contributed by atoms with Crippen molar-refractivity contribution in [2.75, 3.05) is 13.7 Å². The summed E-state index contributed by atoms with van der Waals surface area (Å²) in [4.78, 5) is 17.3. The fourth-order valence-corrected chi connectivity index (χ4v) is 3.58. The number of nitrogens with one attached hydrogen (secondary N) is 1. The Hall–Kier alpha value is -3.80. The van der Waals surface area contributed by atoms with Gasteiger partial charge >= 0.3 is 0 Å².